The average molecular weight is 560 g/mol. The van der Waals surface area contributed by atoms with Crippen molar-refractivity contribution < 1.29 is 28.9 Å². The molecule has 2 aliphatic heterocycles. The third-order valence-electron chi connectivity index (χ3n) is 7.54. The van der Waals surface area contributed by atoms with Crippen LogP contribution in [0.3, 0.4) is 0 Å². The van der Waals surface area contributed by atoms with Gasteiger partial charge in [-0.25, -0.2) is 0 Å². The van der Waals surface area contributed by atoms with Crippen LogP contribution in [-0.4, -0.2) is 72.4 Å². The minimum absolute atomic E-state index is 0.00874. The second-order valence-corrected chi connectivity index (χ2v) is 10.9. The molecule has 3 aromatic carbocycles. The number of carbonyl (C=O) groups is 2. The van der Waals surface area contributed by atoms with E-state index in [0.29, 0.717) is 36.6 Å². The number of fused-ring (bicyclic) bond motifs is 2. The maximum atomic E-state index is 13.7. The average Bonchev–Trinajstić information content (AvgIpc) is 3.43. The van der Waals surface area contributed by atoms with Crippen molar-refractivity contribution >= 4 is 17.5 Å². The first kappa shape index (κ1) is 28.4. The molecule has 9 heteroatoms. The third-order valence-corrected chi connectivity index (χ3v) is 7.54. The van der Waals surface area contributed by atoms with Gasteiger partial charge in [-0.2, -0.15) is 0 Å². The van der Waals surface area contributed by atoms with E-state index in [2.05, 4.69) is 17.1 Å². The molecule has 0 unspecified atom stereocenters. The molecule has 3 atom stereocenters. The van der Waals surface area contributed by atoms with E-state index in [0.717, 1.165) is 22.6 Å². The number of nitrogens with one attached hydrogen (secondary N) is 1. The van der Waals surface area contributed by atoms with Crippen LogP contribution in [0.5, 0.6) is 17.2 Å². The zero-order chi connectivity index (χ0) is 28.9. The Balaban J connectivity index is 1.35. The van der Waals surface area contributed by atoms with Gasteiger partial charge in [0.05, 0.1) is 24.6 Å². The number of aliphatic hydroxyl groups is 1. The van der Waals surface area contributed by atoms with Gasteiger partial charge in [0.25, 0.3) is 5.91 Å². The molecule has 0 aliphatic carbocycles. The zero-order valence-electron chi connectivity index (χ0n) is 23.7. The van der Waals surface area contributed by atoms with E-state index in [1.165, 1.54) is 0 Å². The highest BCUT2D eigenvalue weighted by Gasteiger charge is 2.33. The van der Waals surface area contributed by atoms with Crippen LogP contribution in [0.15, 0.2) is 66.7 Å². The fourth-order valence-corrected chi connectivity index (χ4v) is 5.23. The zero-order valence-corrected chi connectivity index (χ0v) is 23.7. The van der Waals surface area contributed by atoms with E-state index in [9.17, 15) is 14.7 Å². The number of ether oxygens (including phenoxy) is 3. The molecule has 9 nitrogen and oxygen atoms in total. The molecular formula is C32H37N3O6. The summed E-state index contributed by atoms with van der Waals surface area (Å²) < 4.78 is 17.5. The van der Waals surface area contributed by atoms with E-state index in [1.54, 1.807) is 23.1 Å². The number of carbonyl (C=O) groups excluding carboxylic acids is 2. The number of aliphatic hydroxyl groups excluding tert-OH is 1. The maximum absolute atomic E-state index is 13.7. The lowest BCUT2D eigenvalue weighted by Gasteiger charge is -2.38. The van der Waals surface area contributed by atoms with Gasteiger partial charge in [-0.15, -0.1) is 0 Å². The van der Waals surface area contributed by atoms with Gasteiger partial charge in [0.2, 0.25) is 12.7 Å². The summed E-state index contributed by atoms with van der Waals surface area (Å²) in [5, 5.41) is 12.9. The van der Waals surface area contributed by atoms with E-state index in [4.69, 9.17) is 14.2 Å². The number of likely N-dealkylation sites (N-methyl/N-ethyl adjacent to an activating group) is 1. The third kappa shape index (κ3) is 6.81. The van der Waals surface area contributed by atoms with Crippen LogP contribution in [0.4, 0.5) is 5.69 Å². The van der Waals surface area contributed by atoms with Crippen molar-refractivity contribution in [3.63, 3.8) is 0 Å². The number of benzene rings is 3. The van der Waals surface area contributed by atoms with E-state index in [-0.39, 0.29) is 49.7 Å². The minimum Gasteiger partial charge on any atom is -0.488 e. The van der Waals surface area contributed by atoms with Crippen molar-refractivity contribution in [1.29, 1.82) is 0 Å². The van der Waals surface area contributed by atoms with Crippen LogP contribution in [0.2, 0.25) is 0 Å². The van der Waals surface area contributed by atoms with Gasteiger partial charge in [-0.05, 0) is 55.4 Å². The van der Waals surface area contributed by atoms with Gasteiger partial charge in [0.15, 0.2) is 11.5 Å². The number of hydrogen-bond donors (Lipinski definition) is 2. The highest BCUT2D eigenvalue weighted by Crippen LogP contribution is 2.33. The molecule has 41 heavy (non-hydrogen) atoms. The van der Waals surface area contributed by atoms with Gasteiger partial charge in [0.1, 0.15) is 11.9 Å². The Labute approximate surface area is 240 Å². The summed E-state index contributed by atoms with van der Waals surface area (Å²) in [6.07, 6.45) is -0.00140. The maximum Gasteiger partial charge on any atom is 0.258 e. The molecule has 0 bridgehead atoms. The Hall–Kier alpha value is -4.08. The Bertz CT molecular complexity index is 1380. The molecule has 0 saturated carbocycles. The fourth-order valence-electron chi connectivity index (χ4n) is 5.23. The van der Waals surface area contributed by atoms with Crippen molar-refractivity contribution in [2.75, 3.05) is 38.9 Å². The summed E-state index contributed by atoms with van der Waals surface area (Å²) >= 11 is 0. The Morgan fingerprint density at radius 1 is 1.05 bits per heavy atom. The lowest BCUT2D eigenvalue weighted by molar-refractivity contribution is -0.115. The van der Waals surface area contributed by atoms with E-state index < -0.39 is 0 Å². The quantitative estimate of drug-likeness (QED) is 0.410. The smallest absolute Gasteiger partial charge is 0.258 e. The standard InChI is InChI=1S/C32H37N3O6/c1-21-16-35(22(2)19-36)32(38)26-15-25(33-31(37)14-23-7-5-4-6-8-23)10-12-27(26)41-30(21)18-34(3)17-24-9-11-28-29(13-24)40-20-39-28/h4-13,15,21-22,30,36H,14,16-20H2,1-3H3,(H,33,37)/t21-,22+,30+/m0/s1. The molecule has 0 fully saturated rings. The first-order valence-electron chi connectivity index (χ1n) is 13.9. The molecule has 0 saturated heterocycles. The number of anilines is 1. The largest absolute Gasteiger partial charge is 0.488 e. The van der Waals surface area contributed by atoms with Crippen LogP contribution in [0.25, 0.3) is 0 Å². The second-order valence-electron chi connectivity index (χ2n) is 10.9. The summed E-state index contributed by atoms with van der Waals surface area (Å²) in [6, 6.07) is 20.2. The summed E-state index contributed by atoms with van der Waals surface area (Å²) in [5.41, 5.74) is 2.87. The van der Waals surface area contributed by atoms with Crippen LogP contribution in [0.1, 0.15) is 35.3 Å². The molecule has 3 aromatic rings. The molecule has 2 heterocycles. The van der Waals surface area contributed by atoms with Crippen LogP contribution < -0.4 is 19.5 Å². The minimum atomic E-state index is -0.376. The van der Waals surface area contributed by atoms with Gasteiger partial charge < -0.3 is 29.5 Å². The summed E-state index contributed by atoms with van der Waals surface area (Å²) in [7, 11) is 2.03. The van der Waals surface area contributed by atoms with Crippen LogP contribution >= 0.6 is 0 Å². The summed E-state index contributed by atoms with van der Waals surface area (Å²) in [6.45, 7) is 5.69. The van der Waals surface area contributed by atoms with Crippen LogP contribution in [-0.2, 0) is 17.8 Å². The monoisotopic (exact) mass is 559 g/mol. The number of nitrogens with zero attached hydrogens (tertiary/aromatic N) is 2. The van der Waals surface area contributed by atoms with Gasteiger partial charge in [0, 0.05) is 31.2 Å². The number of amides is 2. The molecule has 5 rings (SSSR count). The van der Waals surface area contributed by atoms with Crippen molar-refractivity contribution in [3.05, 3.63) is 83.4 Å². The SMILES string of the molecule is C[C@H](CO)N1C[C@H](C)[C@@H](CN(C)Cc2ccc3c(c2)OCO3)Oc2ccc(NC(=O)Cc3ccccc3)cc2C1=O. The van der Waals surface area contributed by atoms with Crippen molar-refractivity contribution in [3.8, 4) is 17.2 Å². The highest BCUT2D eigenvalue weighted by atomic mass is 16.7. The summed E-state index contributed by atoms with van der Waals surface area (Å²) in [5.74, 6) is 1.54. The van der Waals surface area contributed by atoms with E-state index in [1.807, 2.05) is 62.5 Å². The van der Waals surface area contributed by atoms with Crippen molar-refractivity contribution in [2.24, 2.45) is 5.92 Å². The Kier molecular flexibility index (Phi) is 8.75. The number of hydrogen-bond acceptors (Lipinski definition) is 7. The molecular weight excluding hydrogens is 522 g/mol. The molecule has 2 amide bonds. The molecule has 0 aromatic heterocycles. The first-order valence-corrected chi connectivity index (χ1v) is 13.9. The van der Waals surface area contributed by atoms with Gasteiger partial charge >= 0.3 is 0 Å². The van der Waals surface area contributed by atoms with Crippen molar-refractivity contribution in [1.82, 2.24) is 9.80 Å². The summed E-state index contributed by atoms with van der Waals surface area (Å²) in [4.78, 5) is 30.3. The van der Waals surface area contributed by atoms with Gasteiger partial charge in [-0.1, -0.05) is 43.3 Å². The molecule has 0 spiro atoms. The van der Waals surface area contributed by atoms with Crippen molar-refractivity contribution in [2.45, 2.75) is 39.0 Å². The molecule has 0 radical (unpaired) electrons. The highest BCUT2D eigenvalue weighted by molar-refractivity contribution is 6.00. The number of rotatable bonds is 9. The Morgan fingerprint density at radius 2 is 1.80 bits per heavy atom. The van der Waals surface area contributed by atoms with E-state index >= 15 is 0 Å². The predicted molar refractivity (Wildman–Crippen MR) is 155 cm³/mol. The predicted octanol–water partition coefficient (Wildman–Crippen LogP) is 3.95. The second kappa shape index (κ2) is 12.6. The van der Waals surface area contributed by atoms with Crippen LogP contribution in [0, 0.1) is 5.92 Å². The first-order chi connectivity index (χ1) is 19.8. The molecule has 2 N–H and O–H groups in total. The topological polar surface area (TPSA) is 101 Å². The lowest BCUT2D eigenvalue weighted by atomic mass is 9.99. The lowest BCUT2D eigenvalue weighted by Crippen LogP contribution is -2.49. The fraction of sp³-hybridized carbons (Fsp3) is 0.375. The molecule has 2 aliphatic rings. The Morgan fingerprint density at radius 3 is 2.59 bits per heavy atom. The van der Waals surface area contributed by atoms with Gasteiger partial charge in [-0.3, -0.25) is 14.5 Å². The molecule has 216 valence electrons. The normalized spacial score (nSPS) is 18.8.